The van der Waals surface area contributed by atoms with Crippen LogP contribution in [0.25, 0.3) is 0 Å². The molecule has 0 aromatic carbocycles. The molecule has 0 radical (unpaired) electrons. The maximum atomic E-state index is 10.2. The van der Waals surface area contributed by atoms with Crippen LogP contribution in [0.4, 0.5) is 0 Å². The van der Waals surface area contributed by atoms with Gasteiger partial charge >= 0.3 is 0 Å². The summed E-state index contributed by atoms with van der Waals surface area (Å²) in [6.07, 6.45) is 21.7. The van der Waals surface area contributed by atoms with E-state index in [-0.39, 0.29) is 5.38 Å². The van der Waals surface area contributed by atoms with Crippen LogP contribution in [0.5, 0.6) is 0 Å². The first kappa shape index (κ1) is 24.3. The Morgan fingerprint density at radius 3 is 2.56 bits per heavy atom. The molecule has 1 aliphatic rings. The highest BCUT2D eigenvalue weighted by Gasteiger charge is 2.13. The number of allylic oxidation sites excluding steroid dienone is 1. The number of hydrogen-bond acceptors (Lipinski definition) is 1. The Kier molecular flexibility index (Phi) is 14.7. The Hall–Kier alpha value is -0.710. The molecule has 0 aromatic heterocycles. The van der Waals surface area contributed by atoms with E-state index in [4.69, 9.17) is 11.6 Å². The van der Waals surface area contributed by atoms with Gasteiger partial charge in [0.2, 0.25) is 0 Å². The lowest BCUT2D eigenvalue weighted by Crippen LogP contribution is -2.17. The monoisotopic (exact) mass is 392 g/mol. The van der Waals surface area contributed by atoms with Crippen molar-refractivity contribution in [2.75, 3.05) is 0 Å². The fraction of sp³-hybridized carbons (Fsp3) is 0.760. The lowest BCUT2D eigenvalue weighted by atomic mass is 10.0. The lowest BCUT2D eigenvalue weighted by molar-refractivity contribution is 0.212. The van der Waals surface area contributed by atoms with Crippen LogP contribution in [-0.2, 0) is 0 Å². The number of aliphatic hydroxyl groups excluding tert-OH is 1. The van der Waals surface area contributed by atoms with Crippen LogP contribution in [0.3, 0.4) is 0 Å². The normalized spacial score (nSPS) is 21.6. The van der Waals surface area contributed by atoms with Crippen LogP contribution >= 0.6 is 11.6 Å². The van der Waals surface area contributed by atoms with E-state index in [1.54, 1.807) is 6.08 Å². The van der Waals surface area contributed by atoms with Crippen LogP contribution < -0.4 is 0 Å². The highest BCUT2D eigenvalue weighted by atomic mass is 35.5. The van der Waals surface area contributed by atoms with Crippen LogP contribution in [-0.4, -0.2) is 16.6 Å². The number of unbranched alkanes of at least 4 members (excludes halogenated alkanes) is 6. The van der Waals surface area contributed by atoms with Crippen molar-refractivity contribution in [1.29, 1.82) is 0 Å². The minimum Gasteiger partial charge on any atom is -0.387 e. The molecule has 2 atom stereocenters. The molecule has 0 heterocycles. The summed E-state index contributed by atoms with van der Waals surface area (Å²) in [4.78, 5) is 0. The van der Waals surface area contributed by atoms with Gasteiger partial charge in [-0.15, -0.1) is 23.1 Å². The number of halogens is 1. The molecule has 1 N–H and O–H groups in total. The Morgan fingerprint density at radius 2 is 1.78 bits per heavy atom. The predicted molar refractivity (Wildman–Crippen MR) is 119 cm³/mol. The van der Waals surface area contributed by atoms with Crippen LogP contribution in [0.2, 0.25) is 0 Å². The molecule has 0 fully saturated rings. The molecule has 2 unspecified atom stereocenters. The van der Waals surface area contributed by atoms with Gasteiger partial charge in [0.1, 0.15) is 0 Å². The average Bonchev–Trinajstić information content (AvgIpc) is 2.66. The number of rotatable bonds is 9. The molecule has 0 saturated carbocycles. The quantitative estimate of drug-likeness (QED) is 0.239. The zero-order valence-corrected chi connectivity index (χ0v) is 18.5. The van der Waals surface area contributed by atoms with Crippen molar-refractivity contribution in [2.45, 2.75) is 122 Å². The molecule has 27 heavy (non-hydrogen) atoms. The van der Waals surface area contributed by atoms with Gasteiger partial charge in [0.25, 0.3) is 0 Å². The molecule has 0 spiro atoms. The molecule has 0 aromatic rings. The summed E-state index contributed by atoms with van der Waals surface area (Å²) in [5, 5.41) is 9.98. The van der Waals surface area contributed by atoms with Gasteiger partial charge in [0.15, 0.2) is 0 Å². The average molecular weight is 393 g/mol. The Bertz CT molecular complexity index is 506. The van der Waals surface area contributed by atoms with Crippen molar-refractivity contribution < 1.29 is 5.11 Å². The van der Waals surface area contributed by atoms with Crippen molar-refractivity contribution in [3.8, 4) is 0 Å². The fourth-order valence-electron chi connectivity index (χ4n) is 3.47. The van der Waals surface area contributed by atoms with E-state index in [0.29, 0.717) is 0 Å². The molecule has 1 rings (SSSR count). The van der Waals surface area contributed by atoms with Gasteiger partial charge in [0, 0.05) is 5.57 Å². The topological polar surface area (TPSA) is 20.2 Å². The lowest BCUT2D eigenvalue weighted by Gasteiger charge is -2.13. The van der Waals surface area contributed by atoms with Gasteiger partial charge in [0.05, 0.1) is 11.5 Å². The number of alkyl halides is 1. The largest absolute Gasteiger partial charge is 0.387 e. The highest BCUT2D eigenvalue weighted by molar-refractivity contribution is 6.21. The summed E-state index contributed by atoms with van der Waals surface area (Å²) in [5.41, 5.74) is 9.21. The van der Waals surface area contributed by atoms with Crippen LogP contribution in [0.15, 0.2) is 34.8 Å². The second-order valence-corrected chi connectivity index (χ2v) is 8.65. The maximum absolute atomic E-state index is 10.2. The molecule has 1 aliphatic carbocycles. The summed E-state index contributed by atoms with van der Waals surface area (Å²) in [6.45, 7) is 4.44. The minimum absolute atomic E-state index is 0.197. The van der Waals surface area contributed by atoms with Crippen molar-refractivity contribution in [3.05, 3.63) is 34.8 Å². The molecule has 0 amide bonds. The van der Waals surface area contributed by atoms with E-state index in [0.717, 1.165) is 31.3 Å². The second kappa shape index (κ2) is 16.3. The first-order chi connectivity index (χ1) is 13.1. The van der Waals surface area contributed by atoms with Gasteiger partial charge in [-0.3, -0.25) is 0 Å². The fourth-order valence-corrected chi connectivity index (χ4v) is 3.70. The Morgan fingerprint density at radius 1 is 1.11 bits per heavy atom. The Balaban J connectivity index is 2.55. The molecular formula is C25H41ClO. The van der Waals surface area contributed by atoms with Gasteiger partial charge in [-0.1, -0.05) is 71.1 Å². The highest BCUT2D eigenvalue weighted by Crippen LogP contribution is 2.18. The number of aliphatic hydroxyl groups is 1. The SMILES string of the molecule is CCCCCCCCCC(C)=C=CC1=C=CC(O)C(Cl)CCCCCCC1. The summed E-state index contributed by atoms with van der Waals surface area (Å²) >= 11 is 6.29. The van der Waals surface area contributed by atoms with E-state index in [2.05, 4.69) is 31.4 Å². The molecule has 0 aliphatic heterocycles. The summed E-state index contributed by atoms with van der Waals surface area (Å²) in [7, 11) is 0. The zero-order chi connectivity index (χ0) is 19.7. The Labute approximate surface area is 173 Å². The molecular weight excluding hydrogens is 352 g/mol. The van der Waals surface area contributed by atoms with Gasteiger partial charge in [-0.05, 0) is 56.8 Å². The van der Waals surface area contributed by atoms with Crippen molar-refractivity contribution in [2.24, 2.45) is 0 Å². The molecule has 1 nitrogen and oxygen atoms in total. The van der Waals surface area contributed by atoms with E-state index < -0.39 is 6.10 Å². The van der Waals surface area contributed by atoms with Crippen LogP contribution in [0, 0.1) is 0 Å². The first-order valence-corrected chi connectivity index (χ1v) is 11.8. The third kappa shape index (κ3) is 13.2. The summed E-state index contributed by atoms with van der Waals surface area (Å²) in [6, 6.07) is 0. The van der Waals surface area contributed by atoms with E-state index >= 15 is 0 Å². The molecule has 154 valence electrons. The van der Waals surface area contributed by atoms with E-state index in [1.807, 2.05) is 0 Å². The van der Waals surface area contributed by atoms with E-state index in [9.17, 15) is 5.11 Å². The summed E-state index contributed by atoms with van der Waals surface area (Å²) in [5.74, 6) is 0. The smallest absolute Gasteiger partial charge is 0.0958 e. The molecule has 2 heteroatoms. The van der Waals surface area contributed by atoms with E-state index in [1.165, 1.54) is 76.2 Å². The minimum atomic E-state index is -0.604. The first-order valence-electron chi connectivity index (χ1n) is 11.3. The second-order valence-electron chi connectivity index (χ2n) is 8.09. The standard InChI is InChI=1S/C25H41ClO/c1-3-4-5-6-7-9-12-15-22(2)18-19-23-16-13-10-8-11-14-17-24(26)25(27)21-20-23/h19,21,24-25,27H,3-17H2,1-2H3. The van der Waals surface area contributed by atoms with Gasteiger partial charge < -0.3 is 5.11 Å². The van der Waals surface area contributed by atoms with Crippen molar-refractivity contribution in [3.63, 3.8) is 0 Å². The number of hydrogen-bond donors (Lipinski definition) is 1. The van der Waals surface area contributed by atoms with Crippen LogP contribution in [0.1, 0.15) is 110 Å². The summed E-state index contributed by atoms with van der Waals surface area (Å²) < 4.78 is 0. The molecule has 0 bridgehead atoms. The third-order valence-electron chi connectivity index (χ3n) is 5.38. The van der Waals surface area contributed by atoms with Crippen molar-refractivity contribution >= 4 is 11.6 Å². The van der Waals surface area contributed by atoms with Gasteiger partial charge in [-0.2, -0.15) is 0 Å². The molecule has 0 saturated heterocycles. The third-order valence-corrected chi connectivity index (χ3v) is 5.86. The zero-order valence-electron chi connectivity index (χ0n) is 17.7. The van der Waals surface area contributed by atoms with Crippen molar-refractivity contribution in [1.82, 2.24) is 0 Å². The predicted octanol–water partition coefficient (Wildman–Crippen LogP) is 8.02. The van der Waals surface area contributed by atoms with Gasteiger partial charge in [-0.25, -0.2) is 0 Å². The maximum Gasteiger partial charge on any atom is 0.0958 e.